The van der Waals surface area contributed by atoms with Crippen molar-refractivity contribution in [2.45, 2.75) is 39.0 Å². The van der Waals surface area contributed by atoms with E-state index in [9.17, 15) is 4.79 Å². The van der Waals surface area contributed by atoms with E-state index >= 15 is 0 Å². The number of nitrogens with zero attached hydrogens (tertiary/aromatic N) is 4. The van der Waals surface area contributed by atoms with E-state index in [0.717, 1.165) is 42.4 Å². The number of nitrogens with one attached hydrogen (secondary N) is 1. The maximum absolute atomic E-state index is 12.5. The average Bonchev–Trinajstić information content (AvgIpc) is 3.30. The van der Waals surface area contributed by atoms with E-state index in [4.69, 9.17) is 4.42 Å². The summed E-state index contributed by atoms with van der Waals surface area (Å²) in [5, 5.41) is 7.41. The molecule has 3 aromatic heterocycles. The van der Waals surface area contributed by atoms with Gasteiger partial charge in [-0.15, -0.1) is 0 Å². The maximum Gasteiger partial charge on any atom is 0.222 e. The van der Waals surface area contributed by atoms with Crippen LogP contribution in [0.2, 0.25) is 0 Å². The summed E-state index contributed by atoms with van der Waals surface area (Å²) in [7, 11) is 0. The predicted octanol–water partition coefficient (Wildman–Crippen LogP) is 2.44. The van der Waals surface area contributed by atoms with E-state index in [1.807, 2.05) is 41.9 Å². The molecular formula is C20H23N5O2. The van der Waals surface area contributed by atoms with Crippen molar-refractivity contribution in [1.29, 1.82) is 0 Å². The number of amides is 1. The fourth-order valence-corrected chi connectivity index (χ4v) is 3.52. The number of hydrogen-bond acceptors (Lipinski definition) is 5. The Kier molecular flexibility index (Phi) is 5.02. The summed E-state index contributed by atoms with van der Waals surface area (Å²) in [6.07, 6.45) is 5.68. The van der Waals surface area contributed by atoms with E-state index in [0.29, 0.717) is 13.0 Å². The van der Waals surface area contributed by atoms with Crippen LogP contribution < -0.4 is 5.32 Å². The Morgan fingerprint density at radius 3 is 3.00 bits per heavy atom. The molecule has 0 fully saturated rings. The molecule has 0 bridgehead atoms. The Bertz CT molecular complexity index is 902. The summed E-state index contributed by atoms with van der Waals surface area (Å²) in [6, 6.07) is 9.83. The molecule has 0 aliphatic carbocycles. The van der Waals surface area contributed by atoms with Crippen LogP contribution in [0.15, 0.2) is 53.3 Å². The SMILES string of the molecule is Cc1ccc(CN2Cc3ccnn3C(CC(=O)NCc3cccnc3)C2)o1. The van der Waals surface area contributed by atoms with Crippen LogP contribution in [0.3, 0.4) is 0 Å². The van der Waals surface area contributed by atoms with Crippen LogP contribution in [0.1, 0.15) is 35.2 Å². The van der Waals surface area contributed by atoms with E-state index in [1.54, 1.807) is 18.6 Å². The van der Waals surface area contributed by atoms with Crippen molar-refractivity contribution in [3.8, 4) is 0 Å². The van der Waals surface area contributed by atoms with E-state index in [1.165, 1.54) is 0 Å². The van der Waals surface area contributed by atoms with Crippen molar-refractivity contribution in [2.75, 3.05) is 6.54 Å². The molecule has 1 aliphatic heterocycles. The number of carbonyl (C=O) groups excluding carboxylic acids is 1. The zero-order chi connectivity index (χ0) is 18.6. The van der Waals surface area contributed by atoms with Gasteiger partial charge in [0.1, 0.15) is 11.5 Å². The van der Waals surface area contributed by atoms with Crippen LogP contribution in [0.25, 0.3) is 0 Å². The number of aromatic nitrogens is 3. The summed E-state index contributed by atoms with van der Waals surface area (Å²) in [4.78, 5) is 18.8. The van der Waals surface area contributed by atoms with Gasteiger partial charge < -0.3 is 9.73 Å². The fraction of sp³-hybridized carbons (Fsp3) is 0.350. The average molecular weight is 365 g/mol. The van der Waals surface area contributed by atoms with Gasteiger partial charge in [0.2, 0.25) is 5.91 Å². The van der Waals surface area contributed by atoms with E-state index in [2.05, 4.69) is 20.3 Å². The molecule has 4 rings (SSSR count). The predicted molar refractivity (Wildman–Crippen MR) is 99.5 cm³/mol. The summed E-state index contributed by atoms with van der Waals surface area (Å²) in [6.45, 7) is 4.72. The summed E-state index contributed by atoms with van der Waals surface area (Å²) in [5.41, 5.74) is 2.11. The van der Waals surface area contributed by atoms with Gasteiger partial charge in [-0.25, -0.2) is 0 Å². The second-order valence-corrected chi connectivity index (χ2v) is 6.95. The first-order chi connectivity index (χ1) is 13.2. The zero-order valence-corrected chi connectivity index (χ0v) is 15.3. The zero-order valence-electron chi connectivity index (χ0n) is 15.3. The number of fused-ring (bicyclic) bond motifs is 1. The number of hydrogen-bond donors (Lipinski definition) is 1. The fourth-order valence-electron chi connectivity index (χ4n) is 3.52. The van der Waals surface area contributed by atoms with Crippen LogP contribution in [0, 0.1) is 6.92 Å². The summed E-state index contributed by atoms with van der Waals surface area (Å²) < 4.78 is 7.69. The lowest BCUT2D eigenvalue weighted by molar-refractivity contribution is -0.122. The molecule has 0 saturated heterocycles. The highest BCUT2D eigenvalue weighted by Crippen LogP contribution is 2.24. The molecule has 27 heavy (non-hydrogen) atoms. The van der Waals surface area contributed by atoms with Gasteiger partial charge in [-0.3, -0.25) is 19.4 Å². The molecule has 1 unspecified atom stereocenters. The maximum atomic E-state index is 12.5. The molecule has 7 nitrogen and oxygen atoms in total. The Morgan fingerprint density at radius 2 is 2.22 bits per heavy atom. The molecule has 0 saturated carbocycles. The Morgan fingerprint density at radius 1 is 1.30 bits per heavy atom. The highest BCUT2D eigenvalue weighted by atomic mass is 16.3. The number of aryl methyl sites for hydroxylation is 1. The first-order valence-electron chi connectivity index (χ1n) is 9.13. The van der Waals surface area contributed by atoms with E-state index < -0.39 is 0 Å². The topological polar surface area (TPSA) is 76.2 Å². The van der Waals surface area contributed by atoms with Crippen molar-refractivity contribution in [3.05, 3.63) is 71.7 Å². The van der Waals surface area contributed by atoms with Crippen molar-refractivity contribution >= 4 is 5.91 Å². The summed E-state index contributed by atoms with van der Waals surface area (Å²) in [5.74, 6) is 1.87. The standard InChI is InChI=1S/C20H23N5O2/c1-15-4-5-19(27-15)14-24-12-17-6-8-23-25(17)18(13-24)9-20(26)22-11-16-3-2-7-21-10-16/h2-8,10,18H,9,11-14H2,1H3,(H,22,26). The molecule has 0 radical (unpaired) electrons. The minimum Gasteiger partial charge on any atom is -0.465 e. The molecule has 0 aromatic carbocycles. The third-order valence-electron chi connectivity index (χ3n) is 4.76. The normalized spacial score (nSPS) is 16.9. The number of carbonyl (C=O) groups is 1. The largest absolute Gasteiger partial charge is 0.465 e. The smallest absolute Gasteiger partial charge is 0.222 e. The van der Waals surface area contributed by atoms with Crippen LogP contribution in [-0.2, 0) is 24.4 Å². The molecule has 4 heterocycles. The van der Waals surface area contributed by atoms with Crippen molar-refractivity contribution in [1.82, 2.24) is 25.0 Å². The monoisotopic (exact) mass is 365 g/mol. The van der Waals surface area contributed by atoms with E-state index in [-0.39, 0.29) is 11.9 Å². The lowest BCUT2D eigenvalue weighted by Gasteiger charge is -2.33. The number of pyridine rings is 1. The molecule has 1 N–H and O–H groups in total. The van der Waals surface area contributed by atoms with Gasteiger partial charge in [0.05, 0.1) is 24.7 Å². The number of rotatable bonds is 6. The van der Waals surface area contributed by atoms with Crippen LogP contribution in [0.5, 0.6) is 0 Å². The van der Waals surface area contributed by atoms with Gasteiger partial charge in [0, 0.05) is 38.2 Å². The van der Waals surface area contributed by atoms with Crippen molar-refractivity contribution < 1.29 is 9.21 Å². The lowest BCUT2D eigenvalue weighted by Crippen LogP contribution is -2.39. The quantitative estimate of drug-likeness (QED) is 0.726. The number of furan rings is 1. The van der Waals surface area contributed by atoms with Crippen molar-refractivity contribution in [2.24, 2.45) is 0 Å². The Labute approximate surface area is 158 Å². The van der Waals surface area contributed by atoms with Gasteiger partial charge >= 0.3 is 0 Å². The van der Waals surface area contributed by atoms with Crippen LogP contribution in [0.4, 0.5) is 0 Å². The third-order valence-corrected chi connectivity index (χ3v) is 4.76. The van der Waals surface area contributed by atoms with Crippen LogP contribution >= 0.6 is 0 Å². The first-order valence-corrected chi connectivity index (χ1v) is 9.13. The third kappa shape index (κ3) is 4.25. The Hall–Kier alpha value is -2.93. The van der Waals surface area contributed by atoms with Gasteiger partial charge in [-0.05, 0) is 36.8 Å². The van der Waals surface area contributed by atoms with Gasteiger partial charge in [0.25, 0.3) is 0 Å². The van der Waals surface area contributed by atoms with Crippen molar-refractivity contribution in [3.63, 3.8) is 0 Å². The highest BCUT2D eigenvalue weighted by Gasteiger charge is 2.27. The second-order valence-electron chi connectivity index (χ2n) is 6.95. The first kappa shape index (κ1) is 17.5. The lowest BCUT2D eigenvalue weighted by atomic mass is 10.1. The Balaban J connectivity index is 1.39. The van der Waals surface area contributed by atoms with Gasteiger partial charge in [-0.1, -0.05) is 6.07 Å². The molecule has 1 atom stereocenters. The van der Waals surface area contributed by atoms with Gasteiger partial charge in [0.15, 0.2) is 0 Å². The molecule has 0 spiro atoms. The molecule has 140 valence electrons. The summed E-state index contributed by atoms with van der Waals surface area (Å²) >= 11 is 0. The molecular weight excluding hydrogens is 342 g/mol. The molecule has 3 aromatic rings. The van der Waals surface area contributed by atoms with Gasteiger partial charge in [-0.2, -0.15) is 5.10 Å². The minimum atomic E-state index is 0.00806. The van der Waals surface area contributed by atoms with Crippen LogP contribution in [-0.4, -0.2) is 32.1 Å². The molecule has 1 aliphatic rings. The second kappa shape index (κ2) is 7.75. The highest BCUT2D eigenvalue weighted by molar-refractivity contribution is 5.76. The molecule has 1 amide bonds. The minimum absolute atomic E-state index is 0.00806. The molecule has 7 heteroatoms.